The largest absolute Gasteiger partial charge is 0.492 e. The van der Waals surface area contributed by atoms with Gasteiger partial charge in [0, 0.05) is 12.2 Å². The third-order valence-electron chi connectivity index (χ3n) is 1.90. The Morgan fingerprint density at radius 1 is 1.33 bits per heavy atom. The smallest absolute Gasteiger partial charge is 0.448 e. The Morgan fingerprint density at radius 2 is 2.00 bits per heavy atom. The molecule has 0 saturated carbocycles. The summed E-state index contributed by atoms with van der Waals surface area (Å²) in [5.74, 6) is 0. The summed E-state index contributed by atoms with van der Waals surface area (Å²) < 4.78 is 36.3. The molecule has 1 rings (SSSR count). The third-order valence-corrected chi connectivity index (χ3v) is 1.90. The molecule has 6 heteroatoms. The second-order valence-corrected chi connectivity index (χ2v) is 3.68. The zero-order valence-electron chi connectivity index (χ0n) is 8.75. The van der Waals surface area contributed by atoms with Crippen molar-refractivity contribution in [2.45, 2.75) is 13.5 Å². The van der Waals surface area contributed by atoms with Crippen LogP contribution < -0.4 is 0 Å². The zero-order valence-corrected chi connectivity index (χ0v) is 8.75. The van der Waals surface area contributed by atoms with Crippen molar-refractivity contribution in [1.29, 1.82) is 0 Å². The predicted molar refractivity (Wildman–Crippen MR) is 54.4 cm³/mol. The van der Waals surface area contributed by atoms with Gasteiger partial charge in [0.1, 0.15) is 0 Å². The van der Waals surface area contributed by atoms with Gasteiger partial charge in [0.2, 0.25) is 0 Å². The number of halogens is 3. The Hall–Kier alpha value is -1.04. The Balaban J connectivity index is 2.55. The van der Waals surface area contributed by atoms with Gasteiger partial charge >= 0.3 is 6.98 Å². The quantitative estimate of drug-likeness (QED) is 0.718. The van der Waals surface area contributed by atoms with Crippen LogP contribution in [0.1, 0.15) is 11.4 Å². The first kappa shape index (κ1) is 12.0. The van der Waals surface area contributed by atoms with Gasteiger partial charge in [-0.2, -0.15) is 0 Å². The molecule has 0 amide bonds. The van der Waals surface area contributed by atoms with Crippen LogP contribution in [0.25, 0.3) is 0 Å². The molecule has 0 aromatic carbocycles. The zero-order chi connectivity index (χ0) is 11.5. The van der Waals surface area contributed by atoms with E-state index in [2.05, 4.69) is 4.98 Å². The summed E-state index contributed by atoms with van der Waals surface area (Å²) in [6.45, 7) is -2.71. The van der Waals surface area contributed by atoms with Crippen LogP contribution in [-0.2, 0) is 6.54 Å². The number of hydrogen-bond acceptors (Lipinski definition) is 2. The van der Waals surface area contributed by atoms with Gasteiger partial charge in [0.25, 0.3) is 0 Å². The van der Waals surface area contributed by atoms with Crippen molar-refractivity contribution in [3.63, 3.8) is 0 Å². The van der Waals surface area contributed by atoms with Crippen LogP contribution >= 0.6 is 0 Å². The van der Waals surface area contributed by atoms with Crippen LogP contribution in [0.4, 0.5) is 12.9 Å². The Morgan fingerprint density at radius 3 is 2.53 bits per heavy atom. The first-order valence-electron chi connectivity index (χ1n) is 4.69. The molecule has 0 aliphatic rings. The summed E-state index contributed by atoms with van der Waals surface area (Å²) >= 11 is 0. The average Bonchev–Trinajstić information content (AvgIpc) is 1.99. The van der Waals surface area contributed by atoms with E-state index in [1.807, 2.05) is 13.0 Å². The fourth-order valence-corrected chi connectivity index (χ4v) is 1.38. The normalized spacial score (nSPS) is 12.1. The maximum atomic E-state index is 12.1. The van der Waals surface area contributed by atoms with Gasteiger partial charge in [-0.1, -0.05) is 6.07 Å². The van der Waals surface area contributed by atoms with Gasteiger partial charge in [-0.3, -0.25) is 4.98 Å². The van der Waals surface area contributed by atoms with Gasteiger partial charge in [-0.15, -0.1) is 0 Å². The number of nitrogens with zero attached hydrogens (tertiary/aromatic N) is 2. The molecule has 1 aromatic heterocycles. The van der Waals surface area contributed by atoms with Crippen LogP contribution in [-0.4, -0.2) is 30.4 Å². The molecule has 0 radical (unpaired) electrons. The summed E-state index contributed by atoms with van der Waals surface area (Å²) in [5.41, 5.74) is 1.48. The summed E-state index contributed by atoms with van der Waals surface area (Å²) in [6.07, 6.45) is -0.852. The molecule has 0 bridgehead atoms. The van der Waals surface area contributed by atoms with Gasteiger partial charge in [0.05, 0.1) is 5.69 Å². The van der Waals surface area contributed by atoms with Crippen LogP contribution in [0, 0.1) is 6.92 Å². The van der Waals surface area contributed by atoms with Crippen molar-refractivity contribution in [3.8, 4) is 0 Å². The topological polar surface area (TPSA) is 16.1 Å². The minimum atomic E-state index is -4.76. The van der Waals surface area contributed by atoms with Crippen LogP contribution in [0.5, 0.6) is 0 Å². The Labute approximate surface area is 87.2 Å². The van der Waals surface area contributed by atoms with Crippen molar-refractivity contribution < 1.29 is 12.9 Å². The lowest BCUT2D eigenvalue weighted by Gasteiger charge is -2.23. The van der Waals surface area contributed by atoms with E-state index in [0.717, 1.165) is 5.69 Å². The second kappa shape index (κ2) is 4.66. The number of rotatable bonds is 4. The van der Waals surface area contributed by atoms with E-state index >= 15 is 0 Å². The first-order chi connectivity index (χ1) is 6.87. The second-order valence-electron chi connectivity index (χ2n) is 3.68. The van der Waals surface area contributed by atoms with Crippen LogP contribution in [0.3, 0.4) is 0 Å². The SMILES string of the molecule is Cc1cccc(CN(C)C[B-](F)(F)F)n1. The lowest BCUT2D eigenvalue weighted by Crippen LogP contribution is -2.35. The molecule has 84 valence electrons. The molecular weight excluding hydrogens is 204 g/mol. The van der Waals surface area contributed by atoms with Crippen LogP contribution in [0.2, 0.25) is 0 Å². The first-order valence-corrected chi connectivity index (χ1v) is 4.69. The van der Waals surface area contributed by atoms with Gasteiger partial charge in [-0.05, 0) is 32.5 Å². The molecular formula is C9H13BF3N2-. The lowest BCUT2D eigenvalue weighted by molar-refractivity contribution is 0.319. The number of pyridine rings is 1. The van der Waals surface area contributed by atoms with E-state index in [1.54, 1.807) is 12.1 Å². The standard InChI is InChI=1S/C9H13BF3N2/c1-8-4-3-5-9(14-8)6-15(2)7-10(11,12)13/h3-5H,6-7H2,1-2H3/q-1. The van der Waals surface area contributed by atoms with Crippen LogP contribution in [0.15, 0.2) is 18.2 Å². The molecule has 0 atom stereocenters. The Kier molecular flexibility index (Phi) is 3.74. The average molecular weight is 217 g/mol. The minimum Gasteiger partial charge on any atom is -0.448 e. The highest BCUT2D eigenvalue weighted by molar-refractivity contribution is 6.58. The lowest BCUT2D eigenvalue weighted by atomic mass is 9.91. The molecule has 1 aromatic rings. The molecule has 0 N–H and O–H groups in total. The van der Waals surface area contributed by atoms with Gasteiger partial charge in [0.15, 0.2) is 0 Å². The van der Waals surface area contributed by atoms with Crippen molar-refractivity contribution in [2.75, 3.05) is 13.5 Å². The molecule has 0 spiro atoms. The highest BCUT2D eigenvalue weighted by Crippen LogP contribution is 2.11. The fraction of sp³-hybridized carbons (Fsp3) is 0.444. The van der Waals surface area contributed by atoms with E-state index in [4.69, 9.17) is 0 Å². The predicted octanol–water partition coefficient (Wildman–Crippen LogP) is 2.21. The van der Waals surface area contributed by atoms with Gasteiger partial charge in [-0.25, -0.2) is 0 Å². The van der Waals surface area contributed by atoms with Gasteiger partial charge < -0.3 is 17.8 Å². The van der Waals surface area contributed by atoms with E-state index < -0.39 is 13.4 Å². The summed E-state index contributed by atoms with van der Waals surface area (Å²) in [4.78, 5) is 5.37. The van der Waals surface area contributed by atoms with E-state index in [-0.39, 0.29) is 6.54 Å². The van der Waals surface area contributed by atoms with Crippen molar-refractivity contribution in [2.24, 2.45) is 0 Å². The number of hydrogen-bond donors (Lipinski definition) is 0. The molecule has 0 unspecified atom stereocenters. The van der Waals surface area contributed by atoms with Crippen molar-refractivity contribution in [3.05, 3.63) is 29.6 Å². The molecule has 0 saturated heterocycles. The molecule has 1 heterocycles. The molecule has 0 aliphatic heterocycles. The summed E-state index contributed by atoms with van der Waals surface area (Å²) in [5, 5.41) is 0. The monoisotopic (exact) mass is 217 g/mol. The minimum absolute atomic E-state index is 0.225. The maximum Gasteiger partial charge on any atom is 0.492 e. The molecule has 0 fully saturated rings. The molecule has 2 nitrogen and oxygen atoms in total. The summed E-state index contributed by atoms with van der Waals surface area (Å²) in [7, 11) is 1.44. The van der Waals surface area contributed by atoms with E-state index in [9.17, 15) is 12.9 Å². The van der Waals surface area contributed by atoms with E-state index in [1.165, 1.54) is 11.9 Å². The highest BCUT2D eigenvalue weighted by atomic mass is 19.4. The number of aromatic nitrogens is 1. The van der Waals surface area contributed by atoms with E-state index in [0.29, 0.717) is 5.69 Å². The van der Waals surface area contributed by atoms with Crippen molar-refractivity contribution in [1.82, 2.24) is 9.88 Å². The third kappa shape index (κ3) is 4.83. The maximum absolute atomic E-state index is 12.1. The fourth-order valence-electron chi connectivity index (χ4n) is 1.38. The number of aryl methyl sites for hydroxylation is 1. The Bertz CT molecular complexity index is 327. The van der Waals surface area contributed by atoms with Crippen molar-refractivity contribution >= 4 is 6.98 Å². The highest BCUT2D eigenvalue weighted by Gasteiger charge is 2.24. The summed E-state index contributed by atoms with van der Waals surface area (Å²) in [6, 6.07) is 5.34. The molecule has 0 aliphatic carbocycles. The molecule has 15 heavy (non-hydrogen) atoms.